The lowest BCUT2D eigenvalue weighted by Gasteiger charge is -2.17. The van der Waals surface area contributed by atoms with Crippen LogP contribution in [0.1, 0.15) is 68.6 Å². The highest BCUT2D eigenvalue weighted by atomic mass is 35.5. The van der Waals surface area contributed by atoms with E-state index in [1.165, 1.54) is 44.9 Å². The summed E-state index contributed by atoms with van der Waals surface area (Å²) in [5.41, 5.74) is 0.710. The quantitative estimate of drug-likeness (QED) is 0.519. The Kier molecular flexibility index (Phi) is 9.16. The predicted octanol–water partition coefficient (Wildman–Crippen LogP) is 5.55. The molecule has 0 saturated carbocycles. The number of benzene rings is 1. The highest BCUT2D eigenvalue weighted by Gasteiger charge is 2.10. The van der Waals surface area contributed by atoms with E-state index in [1.807, 2.05) is 7.05 Å². The molecule has 1 aromatic carbocycles. The van der Waals surface area contributed by atoms with Crippen molar-refractivity contribution in [1.82, 2.24) is 4.90 Å². The number of hydrogen-bond donors (Lipinski definition) is 0. The van der Waals surface area contributed by atoms with Crippen LogP contribution in [0.3, 0.4) is 0 Å². The maximum absolute atomic E-state index is 12.2. The van der Waals surface area contributed by atoms with E-state index in [0.29, 0.717) is 10.6 Å². The lowest BCUT2D eigenvalue weighted by atomic mass is 10.1. The Morgan fingerprint density at radius 3 is 2.05 bits per heavy atom. The van der Waals surface area contributed by atoms with Crippen molar-refractivity contribution in [3.05, 3.63) is 34.9 Å². The Balaban J connectivity index is 2.14. The van der Waals surface area contributed by atoms with Gasteiger partial charge >= 0.3 is 0 Å². The molecule has 0 heterocycles. The molecule has 0 N–H and O–H groups in total. The second-order valence-corrected chi connectivity index (χ2v) is 6.14. The molecule has 0 atom stereocenters. The molecule has 0 bridgehead atoms. The van der Waals surface area contributed by atoms with Crippen LogP contribution in [0.5, 0.6) is 0 Å². The fraction of sp³-hybridized carbons (Fsp3) is 0.611. The molecule has 2 nitrogen and oxygen atoms in total. The topological polar surface area (TPSA) is 20.3 Å². The van der Waals surface area contributed by atoms with E-state index in [1.54, 1.807) is 29.2 Å². The minimum atomic E-state index is 0.0783. The summed E-state index contributed by atoms with van der Waals surface area (Å²) in [6, 6.07) is 7.10. The average Bonchev–Trinajstić information content (AvgIpc) is 2.49. The summed E-state index contributed by atoms with van der Waals surface area (Å²) in [6.07, 6.45) is 10.3. The molecule has 118 valence electrons. The molecule has 0 spiro atoms. The molecule has 0 saturated heterocycles. The summed E-state index contributed by atoms with van der Waals surface area (Å²) in [6.45, 7) is 3.07. The first kappa shape index (κ1) is 18.0. The van der Waals surface area contributed by atoms with Crippen LogP contribution in [0, 0.1) is 0 Å². The lowest BCUT2D eigenvalue weighted by Crippen LogP contribution is -2.27. The third-order valence-corrected chi connectivity index (χ3v) is 4.04. The first-order chi connectivity index (χ1) is 10.1. The minimum absolute atomic E-state index is 0.0783. The van der Waals surface area contributed by atoms with Crippen molar-refractivity contribution < 1.29 is 4.79 Å². The van der Waals surface area contributed by atoms with Gasteiger partial charge in [0.2, 0.25) is 0 Å². The summed E-state index contributed by atoms with van der Waals surface area (Å²) in [5.74, 6) is 0.0783. The van der Waals surface area contributed by atoms with Crippen LogP contribution in [0.25, 0.3) is 0 Å². The van der Waals surface area contributed by atoms with Gasteiger partial charge in [0.25, 0.3) is 5.91 Å². The van der Waals surface area contributed by atoms with Gasteiger partial charge in [-0.15, -0.1) is 0 Å². The molecule has 0 aliphatic heterocycles. The summed E-state index contributed by atoms with van der Waals surface area (Å²) in [5, 5.41) is 0.664. The van der Waals surface area contributed by atoms with Gasteiger partial charge in [0.15, 0.2) is 0 Å². The third kappa shape index (κ3) is 7.52. The van der Waals surface area contributed by atoms with Crippen molar-refractivity contribution in [2.75, 3.05) is 13.6 Å². The van der Waals surface area contributed by atoms with Gasteiger partial charge in [-0.3, -0.25) is 4.79 Å². The highest BCUT2D eigenvalue weighted by Crippen LogP contribution is 2.12. The van der Waals surface area contributed by atoms with Crippen LogP contribution >= 0.6 is 11.6 Å². The Morgan fingerprint density at radius 1 is 0.952 bits per heavy atom. The van der Waals surface area contributed by atoms with Gasteiger partial charge in [-0.2, -0.15) is 0 Å². The Bertz CT molecular complexity index is 402. The predicted molar refractivity (Wildman–Crippen MR) is 91.0 cm³/mol. The molecular weight excluding hydrogens is 282 g/mol. The molecule has 1 aromatic rings. The van der Waals surface area contributed by atoms with Crippen LogP contribution in [0.4, 0.5) is 0 Å². The van der Waals surface area contributed by atoms with E-state index in [4.69, 9.17) is 11.6 Å². The molecule has 21 heavy (non-hydrogen) atoms. The normalized spacial score (nSPS) is 10.6. The second-order valence-electron chi connectivity index (χ2n) is 5.71. The number of rotatable bonds is 10. The van der Waals surface area contributed by atoms with E-state index in [2.05, 4.69) is 6.92 Å². The monoisotopic (exact) mass is 309 g/mol. The van der Waals surface area contributed by atoms with Gasteiger partial charge in [-0.05, 0) is 30.7 Å². The van der Waals surface area contributed by atoms with Crippen molar-refractivity contribution in [2.24, 2.45) is 0 Å². The molecule has 1 amide bonds. The molecule has 0 aliphatic carbocycles. The largest absolute Gasteiger partial charge is 0.342 e. The fourth-order valence-corrected chi connectivity index (χ4v) is 2.52. The number of carbonyl (C=O) groups excluding carboxylic acids is 1. The average molecular weight is 310 g/mol. The summed E-state index contributed by atoms with van der Waals surface area (Å²) in [7, 11) is 1.87. The molecule has 0 aromatic heterocycles. The zero-order chi connectivity index (χ0) is 15.5. The van der Waals surface area contributed by atoms with Crippen LogP contribution in [-0.4, -0.2) is 24.4 Å². The van der Waals surface area contributed by atoms with Gasteiger partial charge in [0, 0.05) is 24.2 Å². The molecule has 0 radical (unpaired) electrons. The number of hydrogen-bond acceptors (Lipinski definition) is 1. The van der Waals surface area contributed by atoms with E-state index < -0.39 is 0 Å². The molecular formula is C18H28ClNO. The van der Waals surface area contributed by atoms with E-state index >= 15 is 0 Å². The molecule has 0 fully saturated rings. The standard InChI is InChI=1S/C18H28ClNO/c1-3-4-5-6-7-8-9-10-15-20(2)18(21)16-11-13-17(19)14-12-16/h11-14H,3-10,15H2,1-2H3. The zero-order valence-corrected chi connectivity index (χ0v) is 14.2. The Morgan fingerprint density at radius 2 is 1.48 bits per heavy atom. The fourth-order valence-electron chi connectivity index (χ4n) is 2.40. The van der Waals surface area contributed by atoms with Crippen LogP contribution in [0.15, 0.2) is 24.3 Å². The molecule has 0 aliphatic rings. The Labute approximate surface area is 134 Å². The van der Waals surface area contributed by atoms with Gasteiger partial charge in [-0.1, -0.05) is 63.5 Å². The number of unbranched alkanes of at least 4 members (excludes halogenated alkanes) is 7. The first-order valence-corrected chi connectivity index (χ1v) is 8.54. The van der Waals surface area contributed by atoms with E-state index in [9.17, 15) is 4.79 Å². The minimum Gasteiger partial charge on any atom is -0.342 e. The first-order valence-electron chi connectivity index (χ1n) is 8.16. The third-order valence-electron chi connectivity index (χ3n) is 3.78. The van der Waals surface area contributed by atoms with Gasteiger partial charge in [-0.25, -0.2) is 0 Å². The molecule has 3 heteroatoms. The van der Waals surface area contributed by atoms with Crippen molar-refractivity contribution in [3.63, 3.8) is 0 Å². The zero-order valence-electron chi connectivity index (χ0n) is 13.4. The maximum Gasteiger partial charge on any atom is 0.253 e. The van der Waals surface area contributed by atoms with Crippen molar-refractivity contribution in [3.8, 4) is 0 Å². The van der Waals surface area contributed by atoms with Crippen LogP contribution in [0.2, 0.25) is 5.02 Å². The van der Waals surface area contributed by atoms with Crippen molar-refractivity contribution in [2.45, 2.75) is 58.3 Å². The van der Waals surface area contributed by atoms with E-state index in [-0.39, 0.29) is 5.91 Å². The Hall–Kier alpha value is -1.02. The highest BCUT2D eigenvalue weighted by molar-refractivity contribution is 6.30. The molecule has 1 rings (SSSR count). The van der Waals surface area contributed by atoms with Crippen LogP contribution < -0.4 is 0 Å². The summed E-state index contributed by atoms with van der Waals surface area (Å²) in [4.78, 5) is 14.0. The van der Waals surface area contributed by atoms with Crippen molar-refractivity contribution >= 4 is 17.5 Å². The molecule has 0 unspecified atom stereocenters. The summed E-state index contributed by atoms with van der Waals surface area (Å²) >= 11 is 5.83. The van der Waals surface area contributed by atoms with Gasteiger partial charge < -0.3 is 4.90 Å². The second kappa shape index (κ2) is 10.7. The number of amides is 1. The number of halogens is 1. The van der Waals surface area contributed by atoms with Gasteiger partial charge in [0.1, 0.15) is 0 Å². The smallest absolute Gasteiger partial charge is 0.253 e. The summed E-state index contributed by atoms with van der Waals surface area (Å²) < 4.78 is 0. The van der Waals surface area contributed by atoms with Crippen LogP contribution in [-0.2, 0) is 0 Å². The SMILES string of the molecule is CCCCCCCCCCN(C)C(=O)c1ccc(Cl)cc1. The number of carbonyl (C=O) groups is 1. The maximum atomic E-state index is 12.2. The van der Waals surface area contributed by atoms with E-state index in [0.717, 1.165) is 13.0 Å². The van der Waals surface area contributed by atoms with Gasteiger partial charge in [0.05, 0.1) is 0 Å². The number of nitrogens with zero attached hydrogens (tertiary/aromatic N) is 1. The van der Waals surface area contributed by atoms with Crippen molar-refractivity contribution in [1.29, 1.82) is 0 Å². The lowest BCUT2D eigenvalue weighted by molar-refractivity contribution is 0.0792.